The quantitative estimate of drug-likeness (QED) is 0.732. The molecule has 0 saturated heterocycles. The number of rotatable bonds is 6. The normalized spacial score (nSPS) is 12.6. The highest BCUT2D eigenvalue weighted by Crippen LogP contribution is 2.17. The van der Waals surface area contributed by atoms with Gasteiger partial charge in [-0.2, -0.15) is 5.26 Å². The van der Waals surface area contributed by atoms with Gasteiger partial charge in [-0.05, 0) is 20.4 Å². The number of nitriles is 1. The Morgan fingerprint density at radius 1 is 1.65 bits per heavy atom. The van der Waals surface area contributed by atoms with E-state index < -0.39 is 0 Å². The van der Waals surface area contributed by atoms with E-state index in [-0.39, 0.29) is 17.8 Å². The predicted octanol–water partition coefficient (Wildman–Crippen LogP) is 0.746. The topological polar surface area (TPSA) is 86.5 Å². The van der Waals surface area contributed by atoms with E-state index in [1.54, 1.807) is 4.57 Å². The first kappa shape index (κ1) is 13.8. The highest BCUT2D eigenvalue weighted by molar-refractivity contribution is 7.99. The van der Waals surface area contributed by atoms with Crippen LogP contribution in [0.4, 0.5) is 0 Å². The van der Waals surface area contributed by atoms with Crippen LogP contribution in [0.3, 0.4) is 0 Å². The standard InChI is InChI=1S/C10H17N5OS/c1-4-12-8(5-11)6-17-10-14-13-9(16)15(10)7(2)3/h7-8,12H,4,6H2,1-3H3,(H,13,16). The fourth-order valence-electron chi connectivity index (χ4n) is 1.39. The summed E-state index contributed by atoms with van der Waals surface area (Å²) in [6.07, 6.45) is 0. The molecule has 0 aliphatic rings. The molecule has 0 aliphatic carbocycles. The van der Waals surface area contributed by atoms with E-state index in [2.05, 4.69) is 21.6 Å². The molecule has 0 saturated carbocycles. The number of thioether (sulfide) groups is 1. The molecule has 1 aromatic rings. The van der Waals surface area contributed by atoms with Crippen LogP contribution in [0, 0.1) is 11.3 Å². The Morgan fingerprint density at radius 2 is 2.35 bits per heavy atom. The van der Waals surface area contributed by atoms with Crippen molar-refractivity contribution in [2.45, 2.75) is 38.0 Å². The summed E-state index contributed by atoms with van der Waals surface area (Å²) in [4.78, 5) is 11.5. The molecule has 0 aromatic carbocycles. The number of aromatic nitrogens is 3. The van der Waals surface area contributed by atoms with Gasteiger partial charge in [0.2, 0.25) is 0 Å². The fraction of sp³-hybridized carbons (Fsp3) is 0.700. The molecule has 1 atom stereocenters. The molecule has 0 radical (unpaired) electrons. The van der Waals surface area contributed by atoms with Crippen LogP contribution in [0.15, 0.2) is 9.95 Å². The zero-order chi connectivity index (χ0) is 12.8. The van der Waals surface area contributed by atoms with E-state index in [1.165, 1.54) is 11.8 Å². The molecule has 0 bridgehead atoms. The van der Waals surface area contributed by atoms with Crippen molar-refractivity contribution < 1.29 is 0 Å². The zero-order valence-electron chi connectivity index (χ0n) is 10.2. The SMILES string of the molecule is CCNC(C#N)CSc1n[nH]c(=O)n1C(C)C. The molecule has 1 rings (SSSR count). The first-order valence-corrected chi connectivity index (χ1v) is 6.51. The maximum absolute atomic E-state index is 11.5. The molecule has 1 unspecified atom stereocenters. The summed E-state index contributed by atoms with van der Waals surface area (Å²) in [6, 6.07) is 2.01. The van der Waals surface area contributed by atoms with E-state index in [0.717, 1.165) is 6.54 Å². The van der Waals surface area contributed by atoms with Crippen LogP contribution in [0.5, 0.6) is 0 Å². The van der Waals surface area contributed by atoms with Crippen LogP contribution < -0.4 is 11.0 Å². The Kier molecular flexibility index (Phi) is 5.25. The highest BCUT2D eigenvalue weighted by atomic mass is 32.2. The number of H-pyrrole nitrogens is 1. The van der Waals surface area contributed by atoms with Gasteiger partial charge in [-0.25, -0.2) is 9.89 Å². The van der Waals surface area contributed by atoms with Crippen molar-refractivity contribution in [2.75, 3.05) is 12.3 Å². The molecule has 6 nitrogen and oxygen atoms in total. The molecule has 7 heteroatoms. The van der Waals surface area contributed by atoms with Gasteiger partial charge in [-0.3, -0.25) is 4.57 Å². The van der Waals surface area contributed by atoms with E-state index in [0.29, 0.717) is 10.9 Å². The Morgan fingerprint density at radius 3 is 2.88 bits per heavy atom. The van der Waals surface area contributed by atoms with Crippen LogP contribution in [0.1, 0.15) is 26.8 Å². The lowest BCUT2D eigenvalue weighted by atomic mass is 10.4. The Balaban J connectivity index is 2.70. The van der Waals surface area contributed by atoms with E-state index >= 15 is 0 Å². The minimum absolute atomic E-state index is 0.0587. The molecule has 17 heavy (non-hydrogen) atoms. The lowest BCUT2D eigenvalue weighted by Gasteiger charge is -2.11. The fourth-order valence-corrected chi connectivity index (χ4v) is 2.44. The first-order chi connectivity index (χ1) is 8.10. The maximum atomic E-state index is 11.5. The minimum atomic E-state index is -0.225. The van der Waals surface area contributed by atoms with E-state index in [9.17, 15) is 4.79 Å². The molecule has 0 amide bonds. The molecule has 0 aliphatic heterocycles. The van der Waals surface area contributed by atoms with Gasteiger partial charge in [-0.15, -0.1) is 5.10 Å². The predicted molar refractivity (Wildman–Crippen MR) is 67.0 cm³/mol. The number of hydrogen-bond acceptors (Lipinski definition) is 5. The second kappa shape index (κ2) is 6.47. The second-order valence-corrected chi connectivity index (χ2v) is 4.81. The summed E-state index contributed by atoms with van der Waals surface area (Å²) in [7, 11) is 0. The number of aromatic amines is 1. The summed E-state index contributed by atoms with van der Waals surface area (Å²) < 4.78 is 1.59. The van der Waals surface area contributed by atoms with Crippen molar-refractivity contribution in [3.63, 3.8) is 0 Å². The van der Waals surface area contributed by atoms with Gasteiger partial charge in [-0.1, -0.05) is 18.7 Å². The number of nitrogens with zero attached hydrogens (tertiary/aromatic N) is 3. The Bertz CT molecular complexity index is 444. The lowest BCUT2D eigenvalue weighted by Crippen LogP contribution is -2.29. The van der Waals surface area contributed by atoms with Crippen LogP contribution in [-0.2, 0) is 0 Å². The van der Waals surface area contributed by atoms with Crippen LogP contribution in [0.25, 0.3) is 0 Å². The minimum Gasteiger partial charge on any atom is -0.302 e. The van der Waals surface area contributed by atoms with Crippen molar-refractivity contribution in [1.29, 1.82) is 5.26 Å². The van der Waals surface area contributed by atoms with Gasteiger partial charge in [0.25, 0.3) is 0 Å². The van der Waals surface area contributed by atoms with Gasteiger partial charge in [0, 0.05) is 11.8 Å². The maximum Gasteiger partial charge on any atom is 0.344 e. The smallest absolute Gasteiger partial charge is 0.302 e. The van der Waals surface area contributed by atoms with Crippen LogP contribution in [-0.4, -0.2) is 33.1 Å². The van der Waals surface area contributed by atoms with Gasteiger partial charge >= 0.3 is 5.69 Å². The van der Waals surface area contributed by atoms with Gasteiger partial charge < -0.3 is 5.32 Å². The van der Waals surface area contributed by atoms with E-state index in [4.69, 9.17) is 5.26 Å². The average Bonchev–Trinajstić information content (AvgIpc) is 2.65. The largest absolute Gasteiger partial charge is 0.344 e. The third-order valence-electron chi connectivity index (χ3n) is 2.17. The monoisotopic (exact) mass is 255 g/mol. The molecule has 2 N–H and O–H groups in total. The number of nitrogens with one attached hydrogen (secondary N) is 2. The molecular weight excluding hydrogens is 238 g/mol. The molecule has 0 fully saturated rings. The van der Waals surface area contributed by atoms with Crippen molar-refractivity contribution in [2.24, 2.45) is 0 Å². The first-order valence-electron chi connectivity index (χ1n) is 5.52. The van der Waals surface area contributed by atoms with E-state index in [1.807, 2.05) is 20.8 Å². The van der Waals surface area contributed by atoms with Gasteiger partial charge in [0.1, 0.15) is 6.04 Å². The Labute approximate surface area is 104 Å². The Hall–Kier alpha value is -1.26. The summed E-state index contributed by atoms with van der Waals surface area (Å²) in [5.41, 5.74) is -0.209. The van der Waals surface area contributed by atoms with Crippen LogP contribution >= 0.6 is 11.8 Å². The van der Waals surface area contributed by atoms with Crippen molar-refractivity contribution in [3.05, 3.63) is 10.5 Å². The number of hydrogen-bond donors (Lipinski definition) is 2. The summed E-state index contributed by atoms with van der Waals surface area (Å²) >= 11 is 1.40. The lowest BCUT2D eigenvalue weighted by molar-refractivity contribution is 0.533. The van der Waals surface area contributed by atoms with Gasteiger partial charge in [0.05, 0.1) is 6.07 Å². The van der Waals surface area contributed by atoms with Crippen molar-refractivity contribution in [1.82, 2.24) is 20.1 Å². The zero-order valence-corrected chi connectivity index (χ0v) is 11.0. The van der Waals surface area contributed by atoms with Gasteiger partial charge in [0.15, 0.2) is 5.16 Å². The third-order valence-corrected chi connectivity index (χ3v) is 3.22. The molecule has 0 spiro atoms. The molecule has 94 valence electrons. The molecule has 1 aromatic heterocycles. The van der Waals surface area contributed by atoms with Crippen molar-refractivity contribution in [3.8, 4) is 6.07 Å². The summed E-state index contributed by atoms with van der Waals surface area (Å²) in [6.45, 7) is 6.55. The highest BCUT2D eigenvalue weighted by Gasteiger charge is 2.14. The summed E-state index contributed by atoms with van der Waals surface area (Å²) in [5.74, 6) is 0.571. The third kappa shape index (κ3) is 3.61. The summed E-state index contributed by atoms with van der Waals surface area (Å²) in [5, 5.41) is 19.0. The molecular formula is C10H17N5OS. The van der Waals surface area contributed by atoms with Crippen molar-refractivity contribution >= 4 is 11.8 Å². The second-order valence-electron chi connectivity index (χ2n) is 3.83. The van der Waals surface area contributed by atoms with Crippen LogP contribution in [0.2, 0.25) is 0 Å². The average molecular weight is 255 g/mol. The molecule has 1 heterocycles.